The van der Waals surface area contributed by atoms with E-state index in [1.54, 1.807) is 0 Å². The Kier molecular flexibility index (Phi) is 5.71. The minimum Gasteiger partial charge on any atom is -0.297 e. The van der Waals surface area contributed by atoms with Crippen molar-refractivity contribution in [1.29, 1.82) is 0 Å². The summed E-state index contributed by atoms with van der Waals surface area (Å²) in [5, 5.41) is 2.16. The second-order valence-electron chi connectivity index (χ2n) is 6.63. The molecular formula is C21H26N2. The van der Waals surface area contributed by atoms with Crippen LogP contribution in [0, 0.1) is 17.3 Å². The fourth-order valence-electron chi connectivity index (χ4n) is 2.21. The van der Waals surface area contributed by atoms with Gasteiger partial charge in [-0.25, -0.2) is 0 Å². The molecule has 1 unspecified atom stereocenters. The predicted molar refractivity (Wildman–Crippen MR) is 100 cm³/mol. The van der Waals surface area contributed by atoms with Gasteiger partial charge in [-0.05, 0) is 51.5 Å². The lowest BCUT2D eigenvalue weighted by Gasteiger charge is -2.31. The molecule has 2 aromatic rings. The van der Waals surface area contributed by atoms with Crippen LogP contribution in [0.5, 0.6) is 0 Å². The summed E-state index contributed by atoms with van der Waals surface area (Å²) in [6.45, 7) is 8.60. The van der Waals surface area contributed by atoms with E-state index in [0.717, 1.165) is 17.8 Å². The molecule has 0 radical (unpaired) electrons. The summed E-state index contributed by atoms with van der Waals surface area (Å²) in [5.74, 6) is 6.82. The second kappa shape index (κ2) is 7.74. The Morgan fingerprint density at radius 2 is 1.52 bits per heavy atom. The van der Waals surface area contributed by atoms with E-state index < -0.39 is 0 Å². The number of anilines is 2. The fourth-order valence-corrected chi connectivity index (χ4v) is 2.21. The summed E-state index contributed by atoms with van der Waals surface area (Å²) in [4.78, 5) is 0. The molecule has 0 aliphatic rings. The molecule has 0 aromatic heterocycles. The number of hydrazine groups is 1. The Morgan fingerprint density at radius 3 is 2.04 bits per heavy atom. The van der Waals surface area contributed by atoms with Gasteiger partial charge in [-0.3, -0.25) is 10.4 Å². The highest BCUT2D eigenvalue weighted by molar-refractivity contribution is 5.57. The van der Waals surface area contributed by atoms with Crippen molar-refractivity contribution >= 4 is 11.4 Å². The van der Waals surface area contributed by atoms with E-state index in [-0.39, 0.29) is 11.5 Å². The summed E-state index contributed by atoms with van der Waals surface area (Å²) in [5.41, 5.74) is 5.70. The van der Waals surface area contributed by atoms with E-state index in [2.05, 4.69) is 86.4 Å². The summed E-state index contributed by atoms with van der Waals surface area (Å²) in [6, 6.07) is 20.7. The van der Waals surface area contributed by atoms with E-state index in [9.17, 15) is 0 Å². The molecule has 2 nitrogen and oxygen atoms in total. The van der Waals surface area contributed by atoms with Crippen LogP contribution in [0.3, 0.4) is 0 Å². The lowest BCUT2D eigenvalue weighted by atomic mass is 9.97. The second-order valence-corrected chi connectivity index (χ2v) is 6.63. The molecule has 0 amide bonds. The molecule has 1 N–H and O–H groups in total. The fraction of sp³-hybridized carbons (Fsp3) is 0.333. The van der Waals surface area contributed by atoms with Crippen molar-refractivity contribution in [2.45, 2.75) is 40.2 Å². The molecule has 0 spiro atoms. The van der Waals surface area contributed by atoms with Gasteiger partial charge in [0.25, 0.3) is 0 Å². The van der Waals surface area contributed by atoms with Crippen LogP contribution < -0.4 is 10.4 Å². The van der Waals surface area contributed by atoms with Crippen molar-refractivity contribution in [2.24, 2.45) is 5.41 Å². The van der Waals surface area contributed by atoms with Crippen LogP contribution in [-0.2, 0) is 0 Å². The molecular weight excluding hydrogens is 280 g/mol. The molecule has 23 heavy (non-hydrogen) atoms. The highest BCUT2D eigenvalue weighted by atomic mass is 15.5. The lowest BCUT2D eigenvalue weighted by molar-refractivity contribution is 0.568. The van der Waals surface area contributed by atoms with Crippen LogP contribution in [0.15, 0.2) is 60.7 Å². The first-order valence-electron chi connectivity index (χ1n) is 8.18. The maximum Gasteiger partial charge on any atom is 0.110 e. The van der Waals surface area contributed by atoms with Crippen molar-refractivity contribution in [3.63, 3.8) is 0 Å². The van der Waals surface area contributed by atoms with E-state index in [1.807, 2.05) is 24.3 Å². The number of nitrogens with zero attached hydrogens (tertiary/aromatic N) is 1. The van der Waals surface area contributed by atoms with Gasteiger partial charge >= 0.3 is 0 Å². The molecule has 0 heterocycles. The molecule has 0 aliphatic carbocycles. The SMILES string of the molecule is CCC(C#CC(C)(C)C)N(Nc1ccccc1)c1ccccc1. The molecule has 2 rings (SSSR count). The molecule has 0 saturated heterocycles. The van der Waals surface area contributed by atoms with Gasteiger partial charge in [-0.15, -0.1) is 0 Å². The van der Waals surface area contributed by atoms with Gasteiger partial charge in [0.1, 0.15) is 6.04 Å². The van der Waals surface area contributed by atoms with Crippen LogP contribution >= 0.6 is 0 Å². The quantitative estimate of drug-likeness (QED) is 0.592. The Bertz CT molecular complexity index is 645. The minimum absolute atomic E-state index is 0.00250. The smallest absolute Gasteiger partial charge is 0.110 e. The van der Waals surface area contributed by atoms with E-state index in [4.69, 9.17) is 0 Å². The first-order valence-corrected chi connectivity index (χ1v) is 8.18. The zero-order valence-electron chi connectivity index (χ0n) is 14.5. The Morgan fingerprint density at radius 1 is 0.957 bits per heavy atom. The molecule has 0 fully saturated rings. The highest BCUT2D eigenvalue weighted by Gasteiger charge is 2.16. The maximum atomic E-state index is 3.51. The van der Waals surface area contributed by atoms with Crippen molar-refractivity contribution in [2.75, 3.05) is 10.4 Å². The normalized spacial score (nSPS) is 12.0. The van der Waals surface area contributed by atoms with Gasteiger partial charge in [0, 0.05) is 5.41 Å². The van der Waals surface area contributed by atoms with Crippen LogP contribution in [0.4, 0.5) is 11.4 Å². The molecule has 1 atom stereocenters. The highest BCUT2D eigenvalue weighted by Crippen LogP contribution is 2.20. The molecule has 0 aliphatic heterocycles. The number of benzene rings is 2. The number of para-hydroxylation sites is 2. The zero-order chi connectivity index (χ0) is 16.7. The van der Waals surface area contributed by atoms with E-state index in [0.29, 0.717) is 0 Å². The van der Waals surface area contributed by atoms with Crippen LogP contribution in [-0.4, -0.2) is 6.04 Å². The standard InChI is InChI=1S/C21H26N2/c1-5-19(16-17-21(2,3)4)23(20-14-10-7-11-15-20)22-18-12-8-6-9-13-18/h6-15,19,22H,5H2,1-4H3. The topological polar surface area (TPSA) is 15.3 Å². The molecule has 120 valence electrons. The zero-order valence-corrected chi connectivity index (χ0v) is 14.5. The summed E-state index contributed by atoms with van der Waals surface area (Å²) >= 11 is 0. The van der Waals surface area contributed by atoms with Crippen molar-refractivity contribution in [3.05, 3.63) is 60.7 Å². The number of nitrogens with one attached hydrogen (secondary N) is 1. The van der Waals surface area contributed by atoms with Crippen molar-refractivity contribution in [3.8, 4) is 11.8 Å². The molecule has 0 bridgehead atoms. The van der Waals surface area contributed by atoms with Gasteiger partial charge < -0.3 is 0 Å². The number of hydrogen-bond acceptors (Lipinski definition) is 2. The van der Waals surface area contributed by atoms with Crippen LogP contribution in [0.2, 0.25) is 0 Å². The average molecular weight is 306 g/mol. The van der Waals surface area contributed by atoms with Gasteiger partial charge in [-0.1, -0.05) is 55.2 Å². The third-order valence-electron chi connectivity index (χ3n) is 3.37. The van der Waals surface area contributed by atoms with Gasteiger partial charge in [0.15, 0.2) is 0 Å². The van der Waals surface area contributed by atoms with Crippen LogP contribution in [0.25, 0.3) is 0 Å². The minimum atomic E-state index is 0.00250. The molecule has 2 aromatic carbocycles. The van der Waals surface area contributed by atoms with E-state index >= 15 is 0 Å². The van der Waals surface area contributed by atoms with Gasteiger partial charge in [0.2, 0.25) is 0 Å². The monoisotopic (exact) mass is 306 g/mol. The predicted octanol–water partition coefficient (Wildman–Crippen LogP) is 5.35. The molecule has 2 heteroatoms. The summed E-state index contributed by atoms with van der Waals surface area (Å²) in [6.07, 6.45) is 0.942. The number of hydrogen-bond donors (Lipinski definition) is 1. The number of rotatable bonds is 5. The third kappa shape index (κ3) is 5.38. The average Bonchev–Trinajstić information content (AvgIpc) is 2.55. The lowest BCUT2D eigenvalue weighted by Crippen LogP contribution is -2.39. The summed E-state index contributed by atoms with van der Waals surface area (Å²) < 4.78 is 0. The Hall–Kier alpha value is -2.40. The van der Waals surface area contributed by atoms with Gasteiger partial charge in [0.05, 0.1) is 11.4 Å². The van der Waals surface area contributed by atoms with Gasteiger partial charge in [-0.2, -0.15) is 0 Å². The Balaban J connectivity index is 2.33. The Labute approximate surface area is 140 Å². The third-order valence-corrected chi connectivity index (χ3v) is 3.37. The van der Waals surface area contributed by atoms with Crippen molar-refractivity contribution < 1.29 is 0 Å². The molecule has 0 saturated carbocycles. The first kappa shape index (κ1) is 17.0. The summed E-state index contributed by atoms with van der Waals surface area (Å²) in [7, 11) is 0. The maximum absolute atomic E-state index is 3.51. The van der Waals surface area contributed by atoms with Crippen LogP contribution in [0.1, 0.15) is 34.1 Å². The first-order chi connectivity index (χ1) is 11.0. The largest absolute Gasteiger partial charge is 0.297 e. The van der Waals surface area contributed by atoms with E-state index in [1.165, 1.54) is 0 Å². The van der Waals surface area contributed by atoms with Crippen molar-refractivity contribution in [1.82, 2.24) is 0 Å².